The number of amides is 1. The minimum Gasteiger partial charge on any atom is -0.494 e. The van der Waals surface area contributed by atoms with E-state index in [1.165, 1.54) is 17.7 Å². The summed E-state index contributed by atoms with van der Waals surface area (Å²) in [6.07, 6.45) is -0.0198. The molecule has 0 saturated carbocycles. The Morgan fingerprint density at radius 1 is 0.943 bits per heavy atom. The zero-order chi connectivity index (χ0) is 25.2. The molecule has 0 unspecified atom stereocenters. The first kappa shape index (κ1) is 26.3. The second-order valence-electron chi connectivity index (χ2n) is 8.39. The second-order valence-corrected chi connectivity index (χ2v) is 8.39. The van der Waals surface area contributed by atoms with Crippen molar-refractivity contribution >= 4 is 5.91 Å². The Bertz CT molecular complexity index is 1100. The molecule has 3 aromatic rings. The van der Waals surface area contributed by atoms with E-state index >= 15 is 0 Å². The van der Waals surface area contributed by atoms with Gasteiger partial charge in [-0.25, -0.2) is 8.78 Å². The van der Waals surface area contributed by atoms with E-state index in [0.717, 1.165) is 18.1 Å². The van der Waals surface area contributed by atoms with Crippen molar-refractivity contribution in [1.82, 2.24) is 10.6 Å². The Morgan fingerprint density at radius 3 is 2.37 bits per heavy atom. The van der Waals surface area contributed by atoms with Gasteiger partial charge in [0, 0.05) is 24.7 Å². The number of nitrogens with one attached hydrogen (secondary N) is 2. The molecule has 3 rings (SSSR count). The number of aliphatic hydroxyl groups excluding tert-OH is 1. The van der Waals surface area contributed by atoms with Crippen LogP contribution in [0.2, 0.25) is 0 Å². The third-order valence-corrected chi connectivity index (χ3v) is 5.65. The van der Waals surface area contributed by atoms with Gasteiger partial charge in [-0.1, -0.05) is 37.3 Å². The number of benzene rings is 3. The Kier molecular flexibility index (Phi) is 9.76. The summed E-state index contributed by atoms with van der Waals surface area (Å²) in [5, 5.41) is 17.0. The molecule has 0 radical (unpaired) electrons. The fraction of sp³-hybridized carbons (Fsp3) is 0.321. The van der Waals surface area contributed by atoms with Gasteiger partial charge in [-0.15, -0.1) is 0 Å². The number of ether oxygens (including phenoxy) is 1. The number of carbonyl (C=O) groups is 1. The van der Waals surface area contributed by atoms with Gasteiger partial charge in [0.1, 0.15) is 17.4 Å². The molecule has 0 aliphatic rings. The van der Waals surface area contributed by atoms with Gasteiger partial charge in [0.15, 0.2) is 0 Å². The average molecular weight is 483 g/mol. The van der Waals surface area contributed by atoms with Crippen LogP contribution in [-0.2, 0) is 19.4 Å². The third kappa shape index (κ3) is 8.16. The first-order valence-electron chi connectivity index (χ1n) is 11.8. The van der Waals surface area contributed by atoms with Gasteiger partial charge >= 0.3 is 0 Å². The molecule has 0 spiro atoms. The summed E-state index contributed by atoms with van der Waals surface area (Å²) in [4.78, 5) is 13.0. The SMILES string of the molecule is CCOc1cccc(C(=O)N[C@H](Cc2cc(F)cc(F)c2)[C@@H](O)CNCc2cccc(CC)c2)c1. The van der Waals surface area contributed by atoms with Crippen molar-refractivity contribution in [3.63, 3.8) is 0 Å². The van der Waals surface area contributed by atoms with Crippen LogP contribution in [0.25, 0.3) is 0 Å². The number of hydrogen-bond donors (Lipinski definition) is 3. The fourth-order valence-electron chi connectivity index (χ4n) is 3.88. The van der Waals surface area contributed by atoms with Crippen molar-refractivity contribution in [1.29, 1.82) is 0 Å². The quantitative estimate of drug-likeness (QED) is 0.358. The summed E-state index contributed by atoms with van der Waals surface area (Å²) >= 11 is 0. The molecule has 0 aliphatic heterocycles. The van der Waals surface area contributed by atoms with Gasteiger partial charge < -0.3 is 20.5 Å². The highest BCUT2D eigenvalue weighted by Gasteiger charge is 2.23. The normalized spacial score (nSPS) is 12.7. The first-order valence-corrected chi connectivity index (χ1v) is 11.8. The molecule has 0 heterocycles. The molecule has 5 nitrogen and oxygen atoms in total. The number of halogens is 2. The van der Waals surface area contributed by atoms with E-state index in [1.807, 2.05) is 19.1 Å². The van der Waals surface area contributed by atoms with E-state index in [4.69, 9.17) is 4.74 Å². The van der Waals surface area contributed by atoms with Gasteiger partial charge in [0.25, 0.3) is 5.91 Å². The van der Waals surface area contributed by atoms with Crippen LogP contribution in [0.4, 0.5) is 8.78 Å². The molecule has 186 valence electrons. The number of rotatable bonds is 12. The lowest BCUT2D eigenvalue weighted by Crippen LogP contribution is -2.48. The van der Waals surface area contributed by atoms with E-state index < -0.39 is 29.7 Å². The molecule has 0 aliphatic carbocycles. The Hall–Kier alpha value is -3.29. The molecule has 7 heteroatoms. The van der Waals surface area contributed by atoms with E-state index in [2.05, 4.69) is 29.7 Å². The lowest BCUT2D eigenvalue weighted by Gasteiger charge is -2.25. The van der Waals surface area contributed by atoms with Crippen LogP contribution in [0, 0.1) is 11.6 Å². The highest BCUT2D eigenvalue weighted by Crippen LogP contribution is 2.16. The number of aryl methyl sites for hydroxylation is 1. The predicted octanol–water partition coefficient (Wildman–Crippen LogP) is 4.42. The van der Waals surface area contributed by atoms with Crippen molar-refractivity contribution in [2.75, 3.05) is 13.2 Å². The summed E-state index contributed by atoms with van der Waals surface area (Å²) in [5.41, 5.74) is 3.00. The standard InChI is InChI=1S/C28H32F2N2O3/c1-3-19-7-5-8-20(11-19)17-31-18-27(33)26(14-21-12-23(29)16-24(30)13-21)32-28(34)22-9-6-10-25(15-22)35-4-2/h5-13,15-16,26-27,31,33H,3-4,14,17-18H2,1-2H3,(H,32,34)/t26-,27+/m1/s1. The van der Waals surface area contributed by atoms with Crippen molar-refractivity contribution in [2.45, 2.75) is 45.4 Å². The molecule has 3 aromatic carbocycles. The van der Waals surface area contributed by atoms with Crippen LogP contribution < -0.4 is 15.4 Å². The molecule has 1 amide bonds. The molecule has 2 atom stereocenters. The minimum atomic E-state index is -1.00. The molecule has 0 fully saturated rings. The molecule has 35 heavy (non-hydrogen) atoms. The van der Waals surface area contributed by atoms with Crippen LogP contribution in [-0.4, -0.2) is 36.3 Å². The van der Waals surface area contributed by atoms with Gasteiger partial charge in [-0.3, -0.25) is 4.79 Å². The summed E-state index contributed by atoms with van der Waals surface area (Å²) in [7, 11) is 0. The lowest BCUT2D eigenvalue weighted by molar-refractivity contribution is 0.0829. The summed E-state index contributed by atoms with van der Waals surface area (Å²) in [6, 6.07) is 17.3. The highest BCUT2D eigenvalue weighted by atomic mass is 19.1. The largest absolute Gasteiger partial charge is 0.494 e. The predicted molar refractivity (Wildman–Crippen MR) is 132 cm³/mol. The van der Waals surface area contributed by atoms with Crippen LogP contribution in [0.15, 0.2) is 66.7 Å². The van der Waals surface area contributed by atoms with Crippen LogP contribution in [0.3, 0.4) is 0 Å². The molecule has 3 N–H and O–H groups in total. The van der Waals surface area contributed by atoms with E-state index in [0.29, 0.717) is 30.0 Å². The smallest absolute Gasteiger partial charge is 0.251 e. The van der Waals surface area contributed by atoms with Crippen molar-refractivity contribution in [3.05, 3.63) is 101 Å². The maximum atomic E-state index is 13.8. The molecular weight excluding hydrogens is 450 g/mol. The molecule has 0 bridgehead atoms. The topological polar surface area (TPSA) is 70.6 Å². The Morgan fingerprint density at radius 2 is 1.66 bits per heavy atom. The minimum absolute atomic E-state index is 0.0553. The van der Waals surface area contributed by atoms with Gasteiger partial charge in [0.2, 0.25) is 0 Å². The molecular formula is C28H32F2N2O3. The summed E-state index contributed by atoms with van der Waals surface area (Å²) in [6.45, 7) is 5.12. The average Bonchev–Trinajstić information content (AvgIpc) is 2.83. The maximum Gasteiger partial charge on any atom is 0.251 e. The molecule has 0 aromatic heterocycles. The summed E-state index contributed by atoms with van der Waals surface area (Å²) in [5.74, 6) is -1.28. The van der Waals surface area contributed by atoms with Gasteiger partial charge in [-0.2, -0.15) is 0 Å². The van der Waals surface area contributed by atoms with E-state index in [9.17, 15) is 18.7 Å². The number of aliphatic hydroxyl groups is 1. The van der Waals surface area contributed by atoms with Crippen molar-refractivity contribution in [3.8, 4) is 5.75 Å². The van der Waals surface area contributed by atoms with Crippen LogP contribution in [0.1, 0.15) is 40.9 Å². The van der Waals surface area contributed by atoms with Crippen molar-refractivity contribution < 1.29 is 23.4 Å². The van der Waals surface area contributed by atoms with Crippen LogP contribution in [0.5, 0.6) is 5.75 Å². The maximum absolute atomic E-state index is 13.8. The highest BCUT2D eigenvalue weighted by molar-refractivity contribution is 5.94. The second kappa shape index (κ2) is 13.0. The van der Waals surface area contributed by atoms with E-state index in [-0.39, 0.29) is 13.0 Å². The van der Waals surface area contributed by atoms with Gasteiger partial charge in [-0.05, 0) is 66.8 Å². The fourth-order valence-corrected chi connectivity index (χ4v) is 3.88. The summed E-state index contributed by atoms with van der Waals surface area (Å²) < 4.78 is 33.0. The first-order chi connectivity index (χ1) is 16.9. The monoisotopic (exact) mass is 482 g/mol. The Balaban J connectivity index is 1.72. The number of carbonyl (C=O) groups excluding carboxylic acids is 1. The number of hydrogen-bond acceptors (Lipinski definition) is 4. The van der Waals surface area contributed by atoms with E-state index in [1.54, 1.807) is 24.3 Å². The zero-order valence-corrected chi connectivity index (χ0v) is 20.1. The van der Waals surface area contributed by atoms with Gasteiger partial charge in [0.05, 0.1) is 18.8 Å². The zero-order valence-electron chi connectivity index (χ0n) is 20.1. The van der Waals surface area contributed by atoms with Crippen LogP contribution >= 0.6 is 0 Å². The lowest BCUT2D eigenvalue weighted by atomic mass is 10.00. The van der Waals surface area contributed by atoms with Crippen molar-refractivity contribution in [2.24, 2.45) is 0 Å². The Labute approximate surface area is 205 Å². The molecule has 0 saturated heterocycles. The third-order valence-electron chi connectivity index (χ3n) is 5.65.